The Labute approximate surface area is 229 Å². The summed E-state index contributed by atoms with van der Waals surface area (Å²) in [6, 6.07) is 13.9. The molecule has 0 bridgehead atoms. The molecule has 0 aromatic heterocycles. The van der Waals surface area contributed by atoms with Crippen molar-refractivity contribution >= 4 is 43.5 Å². The van der Waals surface area contributed by atoms with E-state index in [4.69, 9.17) is 4.74 Å². The number of carbonyl (C=O) groups excluding carboxylic acids is 2. The number of anilines is 1. The van der Waals surface area contributed by atoms with Gasteiger partial charge in [-0.2, -0.15) is 0 Å². The van der Waals surface area contributed by atoms with Crippen LogP contribution < -0.4 is 14.4 Å². The van der Waals surface area contributed by atoms with Gasteiger partial charge in [-0.25, -0.2) is 8.42 Å². The largest absolute Gasteiger partial charge is 0.492 e. The van der Waals surface area contributed by atoms with E-state index in [9.17, 15) is 18.0 Å². The smallest absolute Gasteiger partial charge is 0.242 e. The van der Waals surface area contributed by atoms with Crippen molar-refractivity contribution in [2.45, 2.75) is 59.0 Å². The first-order valence-electron chi connectivity index (χ1n) is 12.6. The van der Waals surface area contributed by atoms with E-state index in [-0.39, 0.29) is 37.7 Å². The third-order valence-corrected chi connectivity index (χ3v) is 7.50. The van der Waals surface area contributed by atoms with Gasteiger partial charge in [-0.05, 0) is 56.5 Å². The fourth-order valence-corrected chi connectivity index (χ4v) is 5.29. The molecule has 1 atom stereocenters. The summed E-state index contributed by atoms with van der Waals surface area (Å²) in [5.41, 5.74) is 1.33. The van der Waals surface area contributed by atoms with Gasteiger partial charge in [0.05, 0.1) is 18.6 Å². The number of unbranched alkanes of at least 4 members (excludes halogenated alkanes) is 1. The maximum atomic E-state index is 13.4. The quantitative estimate of drug-likeness (QED) is 0.300. The lowest BCUT2D eigenvalue weighted by Crippen LogP contribution is -2.48. The van der Waals surface area contributed by atoms with Crippen molar-refractivity contribution in [3.63, 3.8) is 0 Å². The van der Waals surface area contributed by atoms with Crippen LogP contribution in [0.25, 0.3) is 0 Å². The molecule has 0 aliphatic carbocycles. The number of ether oxygens (including phenoxy) is 1. The molecule has 0 aliphatic heterocycles. The van der Waals surface area contributed by atoms with Gasteiger partial charge in [-0.15, -0.1) is 0 Å². The predicted molar refractivity (Wildman–Crippen MR) is 151 cm³/mol. The zero-order chi connectivity index (χ0) is 27.4. The highest BCUT2D eigenvalue weighted by molar-refractivity contribution is 9.10. The van der Waals surface area contributed by atoms with Crippen LogP contribution in [0, 0.1) is 0 Å². The number of hydrogen-bond donors (Lipinski definition) is 1. The number of nitrogens with zero attached hydrogens (tertiary/aromatic N) is 2. The second kappa shape index (κ2) is 15.0. The van der Waals surface area contributed by atoms with Gasteiger partial charge in [0.2, 0.25) is 21.8 Å². The van der Waals surface area contributed by atoms with Crippen molar-refractivity contribution in [2.75, 3.05) is 30.3 Å². The maximum Gasteiger partial charge on any atom is 0.242 e. The highest BCUT2D eigenvalue weighted by Crippen LogP contribution is 2.30. The standard InChI is InChI=1S/C27H38BrN3O5S/c1-5-7-17-29-27(33)21(3)30(20-22-12-10-13-23(28)19-22)26(32)16-11-18-31(37(4,34)35)24-14-8-9-15-25(24)36-6-2/h8-10,12-15,19,21H,5-7,11,16-18,20H2,1-4H3,(H,29,33)/t21-/m1/s1. The van der Waals surface area contributed by atoms with Gasteiger partial charge in [-0.1, -0.05) is 53.5 Å². The van der Waals surface area contributed by atoms with Crippen LogP contribution in [-0.4, -0.2) is 57.1 Å². The van der Waals surface area contributed by atoms with Crippen molar-refractivity contribution in [1.82, 2.24) is 10.2 Å². The number of halogens is 1. The fourth-order valence-electron chi connectivity index (χ4n) is 3.87. The molecule has 10 heteroatoms. The number of nitrogens with one attached hydrogen (secondary N) is 1. The van der Waals surface area contributed by atoms with Crippen LogP contribution in [0.2, 0.25) is 0 Å². The van der Waals surface area contributed by atoms with Crippen LogP contribution >= 0.6 is 15.9 Å². The van der Waals surface area contributed by atoms with E-state index in [0.717, 1.165) is 29.1 Å². The molecule has 37 heavy (non-hydrogen) atoms. The van der Waals surface area contributed by atoms with E-state index in [0.29, 0.717) is 24.6 Å². The van der Waals surface area contributed by atoms with E-state index < -0.39 is 16.1 Å². The molecule has 2 aromatic rings. The lowest BCUT2D eigenvalue weighted by molar-refractivity contribution is -0.140. The molecule has 1 N–H and O–H groups in total. The lowest BCUT2D eigenvalue weighted by Gasteiger charge is -2.29. The summed E-state index contributed by atoms with van der Waals surface area (Å²) in [5, 5.41) is 2.91. The number of benzene rings is 2. The summed E-state index contributed by atoms with van der Waals surface area (Å²) >= 11 is 3.46. The van der Waals surface area contributed by atoms with Gasteiger partial charge in [0.25, 0.3) is 0 Å². The summed E-state index contributed by atoms with van der Waals surface area (Å²) in [4.78, 5) is 27.7. The first-order valence-corrected chi connectivity index (χ1v) is 15.2. The summed E-state index contributed by atoms with van der Waals surface area (Å²) in [6.07, 6.45) is 3.33. The Kier molecular flexibility index (Phi) is 12.4. The van der Waals surface area contributed by atoms with Crippen LogP contribution in [0.3, 0.4) is 0 Å². The first-order chi connectivity index (χ1) is 17.6. The molecular formula is C27H38BrN3O5S. The first kappa shape index (κ1) is 30.6. The van der Waals surface area contributed by atoms with E-state index in [2.05, 4.69) is 21.2 Å². The average Bonchev–Trinajstić information content (AvgIpc) is 2.85. The monoisotopic (exact) mass is 595 g/mol. The third kappa shape index (κ3) is 9.66. The van der Waals surface area contributed by atoms with Gasteiger partial charge in [0.1, 0.15) is 11.8 Å². The minimum atomic E-state index is -3.61. The molecule has 8 nitrogen and oxygen atoms in total. The highest BCUT2D eigenvalue weighted by atomic mass is 79.9. The van der Waals surface area contributed by atoms with Crippen molar-refractivity contribution < 1.29 is 22.7 Å². The summed E-state index contributed by atoms with van der Waals surface area (Å²) < 4.78 is 33.0. The SMILES string of the molecule is CCCCNC(=O)[C@@H](C)N(Cc1cccc(Br)c1)C(=O)CCCN(c1ccccc1OCC)S(C)(=O)=O. The molecular weight excluding hydrogens is 558 g/mol. The minimum Gasteiger partial charge on any atom is -0.492 e. The van der Waals surface area contributed by atoms with Crippen LogP contribution in [-0.2, 0) is 26.2 Å². The lowest BCUT2D eigenvalue weighted by atomic mass is 10.1. The van der Waals surface area contributed by atoms with Gasteiger partial charge in [0.15, 0.2) is 0 Å². The van der Waals surface area contributed by atoms with Crippen LogP contribution in [0.1, 0.15) is 52.0 Å². The van der Waals surface area contributed by atoms with Crippen LogP contribution in [0.4, 0.5) is 5.69 Å². The molecule has 0 saturated heterocycles. The van der Waals surface area contributed by atoms with Gasteiger partial charge >= 0.3 is 0 Å². The Morgan fingerprint density at radius 1 is 1.08 bits per heavy atom. The van der Waals surface area contributed by atoms with E-state index in [1.807, 2.05) is 38.1 Å². The van der Waals surface area contributed by atoms with E-state index in [1.165, 1.54) is 4.31 Å². The number of amides is 2. The molecule has 2 aromatic carbocycles. The molecule has 0 saturated carbocycles. The summed E-state index contributed by atoms with van der Waals surface area (Å²) in [6.45, 7) is 6.93. The zero-order valence-corrected chi connectivity index (χ0v) is 24.5. The topological polar surface area (TPSA) is 96.0 Å². The predicted octanol–water partition coefficient (Wildman–Crippen LogP) is 4.73. The Balaban J connectivity index is 2.18. The molecule has 0 radical (unpaired) electrons. The van der Waals surface area contributed by atoms with Crippen molar-refractivity contribution in [1.29, 1.82) is 0 Å². The minimum absolute atomic E-state index is 0.0867. The summed E-state index contributed by atoms with van der Waals surface area (Å²) in [5.74, 6) is 0.0419. The van der Waals surface area contributed by atoms with E-state index in [1.54, 1.807) is 36.1 Å². The molecule has 0 fully saturated rings. The molecule has 204 valence electrons. The van der Waals surface area contributed by atoms with Crippen LogP contribution in [0.15, 0.2) is 53.0 Å². The second-order valence-corrected chi connectivity index (χ2v) is 11.6. The maximum absolute atomic E-state index is 13.4. The van der Waals surface area contributed by atoms with Gasteiger partial charge < -0.3 is 15.0 Å². The molecule has 0 unspecified atom stereocenters. The number of para-hydroxylation sites is 2. The third-order valence-electron chi connectivity index (χ3n) is 5.82. The highest BCUT2D eigenvalue weighted by Gasteiger charge is 2.27. The second-order valence-electron chi connectivity index (χ2n) is 8.81. The number of carbonyl (C=O) groups is 2. The Hall–Kier alpha value is -2.59. The average molecular weight is 597 g/mol. The van der Waals surface area contributed by atoms with Crippen molar-refractivity contribution in [2.24, 2.45) is 0 Å². The number of hydrogen-bond acceptors (Lipinski definition) is 5. The Bertz CT molecular complexity index is 1140. The van der Waals surface area contributed by atoms with Crippen LogP contribution in [0.5, 0.6) is 5.75 Å². The summed E-state index contributed by atoms with van der Waals surface area (Å²) in [7, 11) is -3.61. The Morgan fingerprint density at radius 2 is 1.81 bits per heavy atom. The number of sulfonamides is 1. The molecule has 0 aliphatic rings. The zero-order valence-electron chi connectivity index (χ0n) is 22.1. The van der Waals surface area contributed by atoms with Gasteiger partial charge in [-0.3, -0.25) is 13.9 Å². The number of rotatable bonds is 15. The molecule has 0 heterocycles. The van der Waals surface area contributed by atoms with Crippen molar-refractivity contribution in [3.05, 3.63) is 58.6 Å². The molecule has 2 amide bonds. The molecule has 2 rings (SSSR count). The molecule has 0 spiro atoms. The van der Waals surface area contributed by atoms with E-state index >= 15 is 0 Å². The fraction of sp³-hybridized carbons (Fsp3) is 0.481. The van der Waals surface area contributed by atoms with Gasteiger partial charge in [0, 0.05) is 30.5 Å². The Morgan fingerprint density at radius 3 is 2.46 bits per heavy atom. The van der Waals surface area contributed by atoms with Crippen molar-refractivity contribution in [3.8, 4) is 5.75 Å². The normalized spacial score (nSPS) is 12.0.